The van der Waals surface area contributed by atoms with E-state index in [1.807, 2.05) is 0 Å². The van der Waals surface area contributed by atoms with Gasteiger partial charge in [0.1, 0.15) is 11.6 Å². The summed E-state index contributed by atoms with van der Waals surface area (Å²) in [5, 5.41) is 0. The van der Waals surface area contributed by atoms with Crippen LogP contribution in [0.1, 0.15) is 47.5 Å². The number of ketones is 1. The van der Waals surface area contributed by atoms with Crippen molar-refractivity contribution in [2.75, 3.05) is 19.8 Å². The van der Waals surface area contributed by atoms with E-state index < -0.39 is 29.7 Å². The molecule has 27 heavy (non-hydrogen) atoms. The summed E-state index contributed by atoms with van der Waals surface area (Å²) in [5.41, 5.74) is -0.672. The van der Waals surface area contributed by atoms with E-state index >= 15 is 0 Å². The molecule has 1 saturated heterocycles. The van der Waals surface area contributed by atoms with Gasteiger partial charge in [-0.05, 0) is 33.6 Å². The minimum atomic E-state index is -0.688. The predicted octanol–water partition coefficient (Wildman–Crippen LogP) is 1.94. The molecule has 0 aromatic heterocycles. The Morgan fingerprint density at radius 2 is 1.59 bits per heavy atom. The van der Waals surface area contributed by atoms with E-state index in [0.717, 1.165) is 0 Å². The van der Waals surface area contributed by atoms with Gasteiger partial charge in [-0.25, -0.2) is 4.79 Å². The van der Waals surface area contributed by atoms with Crippen LogP contribution in [0.4, 0.5) is 4.79 Å². The van der Waals surface area contributed by atoms with Gasteiger partial charge in [0, 0.05) is 38.1 Å². The fourth-order valence-electron chi connectivity index (χ4n) is 3.89. The molecule has 0 aromatic carbocycles. The van der Waals surface area contributed by atoms with E-state index in [1.54, 1.807) is 20.8 Å². The Morgan fingerprint density at radius 3 is 2.11 bits per heavy atom. The zero-order valence-corrected chi connectivity index (χ0v) is 16.6. The Bertz CT molecular complexity index is 610. The summed E-state index contributed by atoms with van der Waals surface area (Å²) in [6.45, 7) is 8.51. The number of piperidine rings is 1. The number of esters is 2. The van der Waals surface area contributed by atoms with E-state index in [9.17, 15) is 19.2 Å². The lowest BCUT2D eigenvalue weighted by Gasteiger charge is -2.48. The molecule has 1 amide bonds. The van der Waals surface area contributed by atoms with Crippen molar-refractivity contribution in [3.63, 3.8) is 0 Å². The molecule has 0 aromatic rings. The van der Waals surface area contributed by atoms with E-state index in [1.165, 1.54) is 18.7 Å². The second-order valence-corrected chi connectivity index (χ2v) is 8.28. The van der Waals surface area contributed by atoms with Gasteiger partial charge in [0.15, 0.2) is 5.78 Å². The summed E-state index contributed by atoms with van der Waals surface area (Å²) >= 11 is 0. The van der Waals surface area contributed by atoms with Gasteiger partial charge in [0.05, 0.1) is 13.2 Å². The Hall–Kier alpha value is -2.12. The molecule has 0 spiro atoms. The van der Waals surface area contributed by atoms with Gasteiger partial charge in [0.25, 0.3) is 0 Å². The average Bonchev–Trinajstić information content (AvgIpc) is 2.50. The Labute approximate surface area is 159 Å². The molecule has 1 aliphatic heterocycles. The van der Waals surface area contributed by atoms with Crippen molar-refractivity contribution in [2.24, 2.45) is 17.8 Å². The van der Waals surface area contributed by atoms with Crippen molar-refractivity contribution in [3.05, 3.63) is 0 Å². The number of hydrogen-bond acceptors (Lipinski definition) is 7. The number of nitrogens with zero attached hydrogens (tertiary/aromatic N) is 1. The molecule has 1 heterocycles. The van der Waals surface area contributed by atoms with Crippen LogP contribution in [0, 0.1) is 17.8 Å². The number of amides is 1. The first-order chi connectivity index (χ1) is 12.5. The fourth-order valence-corrected chi connectivity index (χ4v) is 3.89. The van der Waals surface area contributed by atoms with E-state index in [4.69, 9.17) is 14.2 Å². The molecule has 8 heteroatoms. The van der Waals surface area contributed by atoms with Crippen molar-refractivity contribution in [3.8, 4) is 0 Å². The smallest absolute Gasteiger partial charge is 0.410 e. The second-order valence-electron chi connectivity index (χ2n) is 8.28. The van der Waals surface area contributed by atoms with Gasteiger partial charge in [0.2, 0.25) is 0 Å². The van der Waals surface area contributed by atoms with Crippen LogP contribution in [-0.4, -0.2) is 60.1 Å². The van der Waals surface area contributed by atoms with Crippen LogP contribution in [-0.2, 0) is 28.6 Å². The monoisotopic (exact) mass is 383 g/mol. The zero-order valence-electron chi connectivity index (χ0n) is 16.6. The molecule has 2 aliphatic rings. The molecule has 0 unspecified atom stereocenters. The van der Waals surface area contributed by atoms with Gasteiger partial charge in [-0.2, -0.15) is 0 Å². The first-order valence-electron chi connectivity index (χ1n) is 9.29. The van der Waals surface area contributed by atoms with Crippen LogP contribution in [0.25, 0.3) is 0 Å². The predicted molar refractivity (Wildman–Crippen MR) is 94.7 cm³/mol. The standard InChI is InChI=1S/C19H29NO7/c1-11(21)25-9-13-8-14(10-26-12(2)22)16-17(23)15(13)6-7-20(16)18(24)27-19(3,4)5/h13-16H,6-10H2,1-5H3/t13-,14+,15-,16+/m1/s1. The van der Waals surface area contributed by atoms with Crippen molar-refractivity contribution >= 4 is 23.8 Å². The number of carbonyl (C=O) groups excluding carboxylic acids is 4. The first-order valence-corrected chi connectivity index (χ1v) is 9.29. The van der Waals surface area contributed by atoms with E-state index in [0.29, 0.717) is 19.4 Å². The highest BCUT2D eigenvalue weighted by atomic mass is 16.6. The Balaban J connectivity index is 2.21. The second kappa shape index (κ2) is 8.27. The number of rotatable bonds is 4. The highest BCUT2D eigenvalue weighted by Gasteiger charge is 2.51. The van der Waals surface area contributed by atoms with Gasteiger partial charge in [-0.3, -0.25) is 19.3 Å². The largest absolute Gasteiger partial charge is 0.466 e. The normalized spacial score (nSPS) is 27.7. The summed E-state index contributed by atoms with van der Waals surface area (Å²) in [6.07, 6.45) is 0.493. The molecular formula is C19H29NO7. The lowest BCUT2D eigenvalue weighted by Crippen LogP contribution is -2.62. The summed E-state index contributed by atoms with van der Waals surface area (Å²) in [6, 6.07) is -0.688. The highest BCUT2D eigenvalue weighted by molar-refractivity contribution is 5.91. The average molecular weight is 383 g/mol. The van der Waals surface area contributed by atoms with Gasteiger partial charge < -0.3 is 14.2 Å². The van der Waals surface area contributed by atoms with Gasteiger partial charge >= 0.3 is 18.0 Å². The summed E-state index contributed by atoms with van der Waals surface area (Å²) in [4.78, 5) is 49.6. The fraction of sp³-hybridized carbons (Fsp3) is 0.789. The SMILES string of the molecule is CC(=O)OC[C@@H]1C[C@H](COC(C)=O)[C@H]2CCN(C(=O)OC(C)(C)C)[C@@H]1C2=O. The van der Waals surface area contributed by atoms with Crippen molar-refractivity contribution in [1.82, 2.24) is 4.90 Å². The molecule has 0 N–H and O–H groups in total. The lowest BCUT2D eigenvalue weighted by atomic mass is 9.67. The summed E-state index contributed by atoms with van der Waals surface area (Å²) in [7, 11) is 0. The van der Waals surface area contributed by atoms with Crippen LogP contribution in [0.3, 0.4) is 0 Å². The number of carbonyl (C=O) groups is 4. The molecule has 1 aliphatic carbocycles. The third-order valence-electron chi connectivity index (χ3n) is 4.92. The van der Waals surface area contributed by atoms with Crippen LogP contribution < -0.4 is 0 Å². The third kappa shape index (κ3) is 5.43. The molecule has 1 saturated carbocycles. The van der Waals surface area contributed by atoms with Crippen LogP contribution >= 0.6 is 0 Å². The molecule has 2 bridgehead atoms. The van der Waals surface area contributed by atoms with Crippen molar-refractivity contribution in [2.45, 2.75) is 59.1 Å². The van der Waals surface area contributed by atoms with Crippen LogP contribution in [0.2, 0.25) is 0 Å². The molecule has 4 atom stereocenters. The highest BCUT2D eigenvalue weighted by Crippen LogP contribution is 2.40. The lowest BCUT2D eigenvalue weighted by molar-refractivity contribution is -0.155. The van der Waals surface area contributed by atoms with Crippen LogP contribution in [0.5, 0.6) is 0 Å². The molecule has 0 radical (unpaired) electrons. The topological polar surface area (TPSA) is 99.2 Å². The number of Topliss-reactive ketones (excluding diaryl/α,β-unsaturated/α-hetero) is 1. The van der Waals surface area contributed by atoms with E-state index in [-0.39, 0.29) is 36.8 Å². The van der Waals surface area contributed by atoms with E-state index in [2.05, 4.69) is 0 Å². The van der Waals surface area contributed by atoms with Crippen molar-refractivity contribution < 1.29 is 33.4 Å². The number of likely N-dealkylation sites (tertiary alicyclic amines) is 1. The molecular weight excluding hydrogens is 354 g/mol. The molecule has 8 nitrogen and oxygen atoms in total. The number of fused-ring (bicyclic) bond motifs is 2. The van der Waals surface area contributed by atoms with Crippen molar-refractivity contribution in [1.29, 1.82) is 0 Å². The molecule has 2 rings (SSSR count). The number of ether oxygens (including phenoxy) is 3. The molecule has 2 fully saturated rings. The van der Waals surface area contributed by atoms with Gasteiger partial charge in [-0.1, -0.05) is 0 Å². The quantitative estimate of drug-likeness (QED) is 0.540. The maximum absolute atomic E-state index is 13.1. The van der Waals surface area contributed by atoms with Crippen LogP contribution in [0.15, 0.2) is 0 Å². The third-order valence-corrected chi connectivity index (χ3v) is 4.92. The molecule has 152 valence electrons. The number of hydrogen-bond donors (Lipinski definition) is 0. The minimum absolute atomic E-state index is 0.0360. The van der Waals surface area contributed by atoms with Gasteiger partial charge in [-0.15, -0.1) is 0 Å². The minimum Gasteiger partial charge on any atom is -0.466 e. The summed E-state index contributed by atoms with van der Waals surface area (Å²) in [5.74, 6) is -1.69. The maximum atomic E-state index is 13.1. The maximum Gasteiger partial charge on any atom is 0.410 e. The Morgan fingerprint density at radius 1 is 1.04 bits per heavy atom. The zero-order chi connectivity index (χ0) is 20.4. The summed E-state index contributed by atoms with van der Waals surface area (Å²) < 4.78 is 15.7. The first kappa shape index (κ1) is 21.2. The Kier molecular flexibility index (Phi) is 6.49.